The van der Waals surface area contributed by atoms with Gasteiger partial charge in [-0.15, -0.1) is 17.0 Å². The molecule has 0 N–H and O–H groups in total. The fourth-order valence-electron chi connectivity index (χ4n) is 2.84. The van der Waals surface area contributed by atoms with Gasteiger partial charge in [0.15, 0.2) is 17.6 Å². The van der Waals surface area contributed by atoms with Crippen LogP contribution in [0.4, 0.5) is 0 Å². The number of ketones is 1. The van der Waals surface area contributed by atoms with E-state index in [1.807, 2.05) is 63.4 Å². The van der Waals surface area contributed by atoms with E-state index in [4.69, 9.17) is 4.74 Å². The van der Waals surface area contributed by atoms with Crippen LogP contribution < -0.4 is 9.30 Å². The third-order valence-corrected chi connectivity index (χ3v) is 4.20. The van der Waals surface area contributed by atoms with Crippen LogP contribution in [-0.4, -0.2) is 17.0 Å². The fourth-order valence-corrected chi connectivity index (χ4v) is 2.84. The van der Waals surface area contributed by atoms with Gasteiger partial charge < -0.3 is 4.74 Å². The predicted molar refractivity (Wildman–Crippen MR) is 100 cm³/mol. The molecule has 2 aromatic carbocycles. The summed E-state index contributed by atoms with van der Waals surface area (Å²) in [5.41, 5.74) is 2.91. The number of para-hydroxylation sites is 2. The Bertz CT molecular complexity index is 854. The molecule has 126 valence electrons. The van der Waals surface area contributed by atoms with Crippen molar-refractivity contribution < 1.29 is 14.1 Å². The van der Waals surface area contributed by atoms with Gasteiger partial charge in [-0.25, -0.2) is 9.13 Å². The summed E-state index contributed by atoms with van der Waals surface area (Å²) in [5, 5.41) is 0. The van der Waals surface area contributed by atoms with Crippen LogP contribution in [0.15, 0.2) is 48.5 Å². The molecule has 0 aliphatic rings. The molecule has 0 fully saturated rings. The number of benzene rings is 2. The van der Waals surface area contributed by atoms with Gasteiger partial charge in [0, 0.05) is 12.5 Å². The van der Waals surface area contributed by atoms with Crippen LogP contribution in [0.1, 0.15) is 23.1 Å². The molecule has 0 unspecified atom stereocenters. The van der Waals surface area contributed by atoms with Crippen molar-refractivity contribution in [3.8, 4) is 5.75 Å². The van der Waals surface area contributed by atoms with Crippen LogP contribution in [0.3, 0.4) is 0 Å². The number of carbonyl (C=O) groups is 1. The van der Waals surface area contributed by atoms with Crippen molar-refractivity contribution in [2.75, 3.05) is 6.61 Å². The van der Waals surface area contributed by atoms with Crippen LogP contribution in [0.5, 0.6) is 5.75 Å². The van der Waals surface area contributed by atoms with Crippen LogP contribution >= 0.6 is 17.0 Å². The maximum absolute atomic E-state index is 12.6. The average Bonchev–Trinajstić information content (AvgIpc) is 2.81. The molecule has 24 heavy (non-hydrogen) atoms. The lowest BCUT2D eigenvalue weighted by molar-refractivity contribution is -0.652. The van der Waals surface area contributed by atoms with Crippen LogP contribution in [0, 0.1) is 6.92 Å². The zero-order chi connectivity index (χ0) is 16.4. The second-order valence-electron chi connectivity index (χ2n) is 5.56. The van der Waals surface area contributed by atoms with Gasteiger partial charge in [-0.1, -0.05) is 12.1 Å². The van der Waals surface area contributed by atoms with E-state index in [0.29, 0.717) is 18.7 Å². The van der Waals surface area contributed by atoms with Crippen molar-refractivity contribution in [3.05, 3.63) is 59.9 Å². The standard InChI is InChI=1S/C19H21N2O2.BrH/c1-4-23-16-11-9-15(10-12-16)19(22)13-21-14(2)20(3)17-7-5-6-8-18(17)21;/h5-12H,4,13H2,1-3H3;1H/q+1;. The van der Waals surface area contributed by atoms with Gasteiger partial charge in [0.25, 0.3) is 5.82 Å². The second kappa shape index (κ2) is 7.62. The minimum absolute atomic E-state index is 0. The first-order valence-electron chi connectivity index (χ1n) is 7.81. The first-order chi connectivity index (χ1) is 11.1. The minimum Gasteiger partial charge on any atom is -0.494 e. The summed E-state index contributed by atoms with van der Waals surface area (Å²) in [7, 11) is 2.02. The number of nitrogens with zero attached hydrogens (tertiary/aromatic N) is 2. The number of halogens is 1. The molecule has 0 radical (unpaired) electrons. The Labute approximate surface area is 152 Å². The van der Waals surface area contributed by atoms with Crippen molar-refractivity contribution in [1.82, 2.24) is 4.57 Å². The van der Waals surface area contributed by atoms with E-state index < -0.39 is 0 Å². The van der Waals surface area contributed by atoms with Gasteiger partial charge in [0.05, 0.1) is 13.7 Å². The topological polar surface area (TPSA) is 35.1 Å². The highest BCUT2D eigenvalue weighted by molar-refractivity contribution is 8.93. The number of rotatable bonds is 5. The highest BCUT2D eigenvalue weighted by Gasteiger charge is 2.21. The Morgan fingerprint density at radius 2 is 1.79 bits per heavy atom. The van der Waals surface area contributed by atoms with Gasteiger partial charge in [-0.3, -0.25) is 4.79 Å². The van der Waals surface area contributed by atoms with Gasteiger partial charge in [-0.05, 0) is 43.3 Å². The van der Waals surface area contributed by atoms with Crippen LogP contribution in [-0.2, 0) is 13.6 Å². The monoisotopic (exact) mass is 389 g/mol. The molecule has 0 aliphatic carbocycles. The normalized spacial score (nSPS) is 10.5. The van der Waals surface area contributed by atoms with E-state index in [9.17, 15) is 4.79 Å². The summed E-state index contributed by atoms with van der Waals surface area (Å²) in [4.78, 5) is 12.6. The van der Waals surface area contributed by atoms with E-state index >= 15 is 0 Å². The Morgan fingerprint density at radius 3 is 2.46 bits per heavy atom. The molecule has 3 rings (SSSR count). The van der Waals surface area contributed by atoms with Gasteiger partial charge in [0.1, 0.15) is 5.75 Å². The predicted octanol–water partition coefficient (Wildman–Crippen LogP) is 3.63. The largest absolute Gasteiger partial charge is 0.494 e. The Balaban J connectivity index is 0.00000208. The third kappa shape index (κ3) is 3.36. The lowest BCUT2D eigenvalue weighted by Gasteiger charge is -2.04. The molecule has 3 aromatic rings. The minimum atomic E-state index is 0. The van der Waals surface area contributed by atoms with Crippen molar-refractivity contribution >= 4 is 33.8 Å². The fraction of sp³-hybridized carbons (Fsp3) is 0.263. The second-order valence-corrected chi connectivity index (χ2v) is 5.56. The summed E-state index contributed by atoms with van der Waals surface area (Å²) in [6.45, 7) is 4.93. The van der Waals surface area contributed by atoms with Crippen molar-refractivity contribution in [2.24, 2.45) is 7.05 Å². The quantitative estimate of drug-likeness (QED) is 0.493. The SMILES string of the molecule is Br.CCOc1ccc(C(=O)Cn2c(C)[n+](C)c3ccccc32)cc1. The molecular weight excluding hydrogens is 368 g/mol. The number of hydrogen-bond acceptors (Lipinski definition) is 2. The van der Waals surface area contributed by atoms with E-state index in [-0.39, 0.29) is 22.8 Å². The lowest BCUT2D eigenvalue weighted by atomic mass is 10.1. The summed E-state index contributed by atoms with van der Waals surface area (Å²) in [6, 6.07) is 15.5. The number of hydrogen-bond donors (Lipinski definition) is 0. The third-order valence-electron chi connectivity index (χ3n) is 4.20. The molecule has 0 saturated heterocycles. The van der Waals surface area contributed by atoms with Gasteiger partial charge in [-0.2, -0.15) is 0 Å². The maximum atomic E-state index is 12.6. The molecule has 1 aromatic heterocycles. The Morgan fingerprint density at radius 1 is 1.12 bits per heavy atom. The van der Waals surface area contributed by atoms with Crippen LogP contribution in [0.25, 0.3) is 11.0 Å². The average molecular weight is 390 g/mol. The molecule has 1 heterocycles. The number of aryl methyl sites for hydroxylation is 1. The van der Waals surface area contributed by atoms with E-state index in [1.54, 1.807) is 0 Å². The number of ether oxygens (including phenoxy) is 1. The van der Waals surface area contributed by atoms with Crippen LogP contribution in [0.2, 0.25) is 0 Å². The molecule has 0 saturated carbocycles. The molecule has 0 atom stereocenters. The molecule has 0 bridgehead atoms. The summed E-state index contributed by atoms with van der Waals surface area (Å²) < 4.78 is 9.59. The number of Topliss-reactive ketones (excluding diaryl/α,β-unsaturated/α-hetero) is 1. The highest BCUT2D eigenvalue weighted by atomic mass is 79.9. The van der Waals surface area contributed by atoms with E-state index in [1.165, 1.54) is 0 Å². The molecule has 4 nitrogen and oxygen atoms in total. The summed E-state index contributed by atoms with van der Waals surface area (Å²) in [5.74, 6) is 1.95. The smallest absolute Gasteiger partial charge is 0.254 e. The number of fused-ring (bicyclic) bond motifs is 1. The van der Waals surface area contributed by atoms with E-state index in [2.05, 4.69) is 15.2 Å². The highest BCUT2D eigenvalue weighted by Crippen LogP contribution is 2.16. The molecule has 0 aliphatic heterocycles. The Kier molecular flexibility index (Phi) is 5.78. The zero-order valence-electron chi connectivity index (χ0n) is 14.2. The first-order valence-corrected chi connectivity index (χ1v) is 7.81. The zero-order valence-corrected chi connectivity index (χ0v) is 15.9. The Hall–Kier alpha value is -2.14. The molecular formula is C19H22BrN2O2+. The van der Waals surface area contributed by atoms with Crippen molar-refractivity contribution in [3.63, 3.8) is 0 Å². The summed E-state index contributed by atoms with van der Waals surface area (Å²) >= 11 is 0. The van der Waals surface area contributed by atoms with Gasteiger partial charge in [0.2, 0.25) is 5.78 Å². The number of carbonyl (C=O) groups excluding carboxylic acids is 1. The number of imidazole rings is 1. The maximum Gasteiger partial charge on any atom is 0.254 e. The molecule has 0 spiro atoms. The van der Waals surface area contributed by atoms with E-state index in [0.717, 1.165) is 22.6 Å². The molecule has 5 heteroatoms. The lowest BCUT2D eigenvalue weighted by Crippen LogP contribution is -2.31. The van der Waals surface area contributed by atoms with Crippen molar-refractivity contribution in [2.45, 2.75) is 20.4 Å². The first kappa shape index (κ1) is 18.2. The summed E-state index contributed by atoms with van der Waals surface area (Å²) in [6.07, 6.45) is 0. The van der Waals surface area contributed by atoms with Crippen molar-refractivity contribution in [1.29, 1.82) is 0 Å². The molecule has 0 amide bonds. The van der Waals surface area contributed by atoms with Gasteiger partial charge >= 0.3 is 0 Å². The number of aromatic nitrogens is 2.